The number of nitrogens with zero attached hydrogens (tertiary/aromatic N) is 1. The Balaban J connectivity index is 1.89. The molecule has 0 aliphatic carbocycles. The zero-order chi connectivity index (χ0) is 21.0. The number of amides is 1. The molecule has 2 N–H and O–H groups in total. The average molecular weight is 436 g/mol. The van der Waals surface area contributed by atoms with Gasteiger partial charge in [0.25, 0.3) is 5.91 Å². The molecule has 1 fully saturated rings. The lowest BCUT2D eigenvalue weighted by molar-refractivity contribution is 0.102. The number of carbonyl (C=O) groups excluding carboxylic acids is 1. The molecule has 1 unspecified atom stereocenters. The van der Waals surface area contributed by atoms with Crippen molar-refractivity contribution in [2.75, 3.05) is 25.6 Å². The summed E-state index contributed by atoms with van der Waals surface area (Å²) in [6.07, 6.45) is 0.582. The van der Waals surface area contributed by atoms with Crippen molar-refractivity contribution >= 4 is 33.2 Å². The van der Waals surface area contributed by atoms with E-state index in [9.17, 15) is 13.2 Å². The Morgan fingerprint density at radius 1 is 1.31 bits per heavy atom. The molecule has 8 nitrogen and oxygen atoms in total. The molecule has 10 heteroatoms. The molecule has 1 aliphatic rings. The number of hydrogen-bond acceptors (Lipinski definition) is 6. The zero-order valence-electron chi connectivity index (χ0n) is 15.4. The first kappa shape index (κ1) is 21.1. The molecule has 1 heterocycles. The van der Waals surface area contributed by atoms with Crippen molar-refractivity contribution in [1.29, 1.82) is 5.26 Å². The number of methoxy groups -OCH3 is 1. The van der Waals surface area contributed by atoms with E-state index in [0.717, 1.165) is 0 Å². The summed E-state index contributed by atoms with van der Waals surface area (Å²) < 4.78 is 38.3. The molecule has 1 aliphatic heterocycles. The first-order valence-electron chi connectivity index (χ1n) is 8.62. The van der Waals surface area contributed by atoms with Gasteiger partial charge in [-0.3, -0.25) is 4.79 Å². The molecule has 152 valence electrons. The minimum atomic E-state index is -3.84. The number of anilines is 1. The largest absolute Gasteiger partial charge is 0.496 e. The van der Waals surface area contributed by atoms with Gasteiger partial charge in [0.15, 0.2) is 0 Å². The maximum Gasteiger partial charge on any atom is 0.259 e. The van der Waals surface area contributed by atoms with Crippen LogP contribution in [0.5, 0.6) is 5.75 Å². The van der Waals surface area contributed by atoms with Crippen molar-refractivity contribution < 1.29 is 22.7 Å². The number of rotatable bonds is 6. The van der Waals surface area contributed by atoms with E-state index in [4.69, 9.17) is 26.3 Å². The van der Waals surface area contributed by atoms with E-state index in [0.29, 0.717) is 25.3 Å². The summed E-state index contributed by atoms with van der Waals surface area (Å²) in [6.45, 7) is 0.798. The molecule has 1 amide bonds. The molecule has 29 heavy (non-hydrogen) atoms. The van der Waals surface area contributed by atoms with Gasteiger partial charge in [-0.15, -0.1) is 0 Å². The maximum atomic E-state index is 12.8. The average Bonchev–Trinajstić information content (AvgIpc) is 3.19. The second-order valence-electron chi connectivity index (χ2n) is 6.34. The third kappa shape index (κ3) is 5.05. The summed E-state index contributed by atoms with van der Waals surface area (Å²) in [6, 6.07) is 10.0. The molecule has 0 saturated carbocycles. The van der Waals surface area contributed by atoms with Crippen molar-refractivity contribution in [3.8, 4) is 11.8 Å². The van der Waals surface area contributed by atoms with Crippen LogP contribution in [0.15, 0.2) is 41.3 Å². The molecular weight excluding hydrogens is 418 g/mol. The van der Waals surface area contributed by atoms with Gasteiger partial charge in [0.1, 0.15) is 5.75 Å². The molecule has 0 aromatic heterocycles. The molecule has 0 radical (unpaired) electrons. The van der Waals surface area contributed by atoms with Gasteiger partial charge in [-0.2, -0.15) is 5.26 Å². The van der Waals surface area contributed by atoms with Crippen LogP contribution in [-0.4, -0.2) is 40.7 Å². The minimum absolute atomic E-state index is 0.0246. The first-order valence-corrected chi connectivity index (χ1v) is 10.5. The highest BCUT2D eigenvalue weighted by molar-refractivity contribution is 7.89. The SMILES string of the molecule is COc1ccc(S(=O)(=O)NC2CCOC2)cc1C(=O)Nc1cc(Cl)cc(C#N)c1. The molecule has 0 spiro atoms. The van der Waals surface area contributed by atoms with Crippen molar-refractivity contribution in [2.45, 2.75) is 17.4 Å². The van der Waals surface area contributed by atoms with Gasteiger partial charge in [-0.1, -0.05) is 11.6 Å². The summed E-state index contributed by atoms with van der Waals surface area (Å²) in [5, 5.41) is 11.9. The van der Waals surface area contributed by atoms with Crippen LogP contribution in [0.3, 0.4) is 0 Å². The Morgan fingerprint density at radius 3 is 2.76 bits per heavy atom. The lowest BCUT2D eigenvalue weighted by Crippen LogP contribution is -2.35. The van der Waals surface area contributed by atoms with Crippen LogP contribution in [0.2, 0.25) is 5.02 Å². The highest BCUT2D eigenvalue weighted by atomic mass is 35.5. The third-order valence-electron chi connectivity index (χ3n) is 4.26. The number of carbonyl (C=O) groups is 1. The number of sulfonamides is 1. The van der Waals surface area contributed by atoms with Gasteiger partial charge in [0.2, 0.25) is 10.0 Å². The van der Waals surface area contributed by atoms with Crippen molar-refractivity contribution in [3.05, 3.63) is 52.5 Å². The predicted molar refractivity (Wildman–Crippen MR) is 107 cm³/mol. The van der Waals surface area contributed by atoms with E-state index < -0.39 is 15.9 Å². The molecule has 0 bridgehead atoms. The monoisotopic (exact) mass is 435 g/mol. The molecule has 2 aromatic carbocycles. The van der Waals surface area contributed by atoms with Gasteiger partial charge in [-0.05, 0) is 42.8 Å². The normalized spacial score (nSPS) is 16.2. The van der Waals surface area contributed by atoms with Gasteiger partial charge < -0.3 is 14.8 Å². The lowest BCUT2D eigenvalue weighted by Gasteiger charge is -2.14. The molecule has 1 saturated heterocycles. The minimum Gasteiger partial charge on any atom is -0.496 e. The third-order valence-corrected chi connectivity index (χ3v) is 6.00. The van der Waals surface area contributed by atoms with Gasteiger partial charge in [0, 0.05) is 23.4 Å². The number of benzene rings is 2. The maximum absolute atomic E-state index is 12.8. The molecule has 1 atom stereocenters. The first-order chi connectivity index (χ1) is 13.8. The second-order valence-corrected chi connectivity index (χ2v) is 8.49. The van der Waals surface area contributed by atoms with Crippen LogP contribution in [0.25, 0.3) is 0 Å². The van der Waals surface area contributed by atoms with E-state index >= 15 is 0 Å². The number of hydrogen-bond donors (Lipinski definition) is 2. The van der Waals surface area contributed by atoms with Crippen LogP contribution in [0, 0.1) is 11.3 Å². The molecule has 2 aromatic rings. The highest BCUT2D eigenvalue weighted by Crippen LogP contribution is 2.25. The van der Waals surface area contributed by atoms with Crippen LogP contribution >= 0.6 is 11.6 Å². The fourth-order valence-corrected chi connectivity index (χ4v) is 4.39. The standard InChI is InChI=1S/C19H18ClN3O5S/c1-27-18-3-2-16(29(25,26)23-14-4-5-28-11-14)9-17(18)19(24)22-15-7-12(10-21)6-13(20)8-15/h2-3,6-9,14,23H,4-5,11H2,1H3,(H,22,24). The van der Waals surface area contributed by atoms with Crippen molar-refractivity contribution in [2.24, 2.45) is 0 Å². The fraction of sp³-hybridized carbons (Fsp3) is 0.263. The van der Waals surface area contributed by atoms with E-state index in [1.165, 1.54) is 43.5 Å². The number of ether oxygens (including phenoxy) is 2. The number of halogens is 1. The van der Waals surface area contributed by atoms with Gasteiger partial charge in [-0.25, -0.2) is 13.1 Å². The summed E-state index contributed by atoms with van der Waals surface area (Å²) >= 11 is 5.96. The van der Waals surface area contributed by atoms with E-state index in [2.05, 4.69) is 10.0 Å². The second kappa shape index (κ2) is 8.80. The van der Waals surface area contributed by atoms with Gasteiger partial charge >= 0.3 is 0 Å². The van der Waals surface area contributed by atoms with Crippen molar-refractivity contribution in [3.63, 3.8) is 0 Å². The number of nitrogens with one attached hydrogen (secondary N) is 2. The molecular formula is C19H18ClN3O5S. The predicted octanol–water partition coefficient (Wildman–Crippen LogP) is 2.54. The van der Waals surface area contributed by atoms with Gasteiger partial charge in [0.05, 0.1) is 35.8 Å². The van der Waals surface area contributed by atoms with Crippen LogP contribution < -0.4 is 14.8 Å². The summed E-state index contributed by atoms with van der Waals surface area (Å²) in [7, 11) is -2.47. The quantitative estimate of drug-likeness (QED) is 0.719. The van der Waals surface area contributed by atoms with Crippen molar-refractivity contribution in [1.82, 2.24) is 4.72 Å². The summed E-state index contributed by atoms with van der Waals surface area (Å²) in [4.78, 5) is 12.7. The Hall–Kier alpha value is -2.64. The zero-order valence-corrected chi connectivity index (χ0v) is 17.0. The summed E-state index contributed by atoms with van der Waals surface area (Å²) in [5.41, 5.74) is 0.603. The topological polar surface area (TPSA) is 118 Å². The summed E-state index contributed by atoms with van der Waals surface area (Å²) in [5.74, 6) is -0.401. The van der Waals surface area contributed by atoms with E-state index in [-0.39, 0.29) is 32.8 Å². The fourth-order valence-electron chi connectivity index (χ4n) is 2.87. The Bertz CT molecular complexity index is 1080. The number of nitriles is 1. The van der Waals surface area contributed by atoms with Crippen LogP contribution in [0.4, 0.5) is 5.69 Å². The van der Waals surface area contributed by atoms with Crippen LogP contribution in [0.1, 0.15) is 22.3 Å². The lowest BCUT2D eigenvalue weighted by atomic mass is 10.1. The van der Waals surface area contributed by atoms with E-state index in [1.54, 1.807) is 0 Å². The molecule has 3 rings (SSSR count). The smallest absolute Gasteiger partial charge is 0.259 e. The Morgan fingerprint density at radius 2 is 2.10 bits per heavy atom. The highest BCUT2D eigenvalue weighted by Gasteiger charge is 2.25. The Labute approximate surface area is 173 Å². The van der Waals surface area contributed by atoms with Crippen LogP contribution in [-0.2, 0) is 14.8 Å². The van der Waals surface area contributed by atoms with E-state index in [1.807, 2.05) is 6.07 Å². The Kier molecular flexibility index (Phi) is 6.39.